The predicted molar refractivity (Wildman–Crippen MR) is 219 cm³/mol. The standard InChI is InChI=1S/C48H30N2S/c1-3-14-31(15-4-1)34-20-13-27-45-46(34)39-23-12-26-44(48(39)51-45)50-42-25-10-8-19-37(42)40-30-32(28-29-43(40)50)35-21-11-22-38-36-18-7-9-24-41(36)49(47(35)38)33-16-5-2-6-17-33/h1-30H/i1D,3D,4D,7D,8D,9D,10D,11D,12D,13D,14D,18D,19D,20D,21D,22D,23D,24D,25D,26D,30D. The van der Waals surface area contributed by atoms with Crippen molar-refractivity contribution in [3.63, 3.8) is 0 Å². The van der Waals surface area contributed by atoms with Gasteiger partial charge in [0.1, 0.15) is 0 Å². The quantitative estimate of drug-likeness (QED) is 0.174. The van der Waals surface area contributed by atoms with Crippen LogP contribution >= 0.6 is 11.3 Å². The molecule has 2 nitrogen and oxygen atoms in total. The summed E-state index contributed by atoms with van der Waals surface area (Å²) in [6.45, 7) is 0. The third-order valence-electron chi connectivity index (χ3n) is 9.01. The highest BCUT2D eigenvalue weighted by Crippen LogP contribution is 2.45. The topological polar surface area (TPSA) is 9.86 Å². The molecule has 51 heavy (non-hydrogen) atoms. The molecule has 3 heteroatoms. The highest BCUT2D eigenvalue weighted by Gasteiger charge is 2.20. The Labute approximate surface area is 328 Å². The lowest BCUT2D eigenvalue weighted by Crippen LogP contribution is -1.95. The molecule has 3 aromatic heterocycles. The molecule has 0 amide bonds. The molecule has 0 saturated carbocycles. The number of hydrogen-bond acceptors (Lipinski definition) is 1. The van der Waals surface area contributed by atoms with Gasteiger partial charge in [-0.25, -0.2) is 0 Å². The molecule has 3 heterocycles. The average Bonchev–Trinajstić information content (AvgIpc) is 4.03. The molecular weight excluding hydrogens is 637 g/mol. The van der Waals surface area contributed by atoms with Crippen molar-refractivity contribution in [1.29, 1.82) is 0 Å². The summed E-state index contributed by atoms with van der Waals surface area (Å²) in [5.41, 5.74) is -0.736. The number of fused-ring (bicyclic) bond motifs is 9. The van der Waals surface area contributed by atoms with Crippen molar-refractivity contribution in [3.05, 3.63) is 181 Å². The molecular formula is C48H30N2S. The largest absolute Gasteiger partial charge is 0.309 e. The van der Waals surface area contributed by atoms with Gasteiger partial charge in [0.05, 0.1) is 61.2 Å². The summed E-state index contributed by atoms with van der Waals surface area (Å²) in [7, 11) is 0. The number of rotatable bonds is 4. The van der Waals surface area contributed by atoms with Gasteiger partial charge < -0.3 is 9.13 Å². The first-order chi connectivity index (χ1) is 34.0. The van der Waals surface area contributed by atoms with E-state index in [9.17, 15) is 11.0 Å². The van der Waals surface area contributed by atoms with Crippen LogP contribution in [0.25, 0.3) is 97.4 Å². The van der Waals surface area contributed by atoms with Crippen molar-refractivity contribution >= 4 is 75.1 Å². The molecule has 0 aliphatic heterocycles. The van der Waals surface area contributed by atoms with Crippen molar-refractivity contribution in [2.24, 2.45) is 0 Å². The van der Waals surface area contributed by atoms with Gasteiger partial charge in [0.25, 0.3) is 0 Å². The van der Waals surface area contributed by atoms with Crippen LogP contribution in [0.1, 0.15) is 28.8 Å². The fourth-order valence-electron chi connectivity index (χ4n) is 6.92. The van der Waals surface area contributed by atoms with Gasteiger partial charge in [0, 0.05) is 48.3 Å². The van der Waals surface area contributed by atoms with Crippen LogP contribution in [0.5, 0.6) is 0 Å². The number of benzene rings is 8. The first-order valence-corrected chi connectivity index (χ1v) is 16.5. The van der Waals surface area contributed by atoms with E-state index in [0.29, 0.717) is 5.69 Å². The third-order valence-corrected chi connectivity index (χ3v) is 10.2. The molecule has 238 valence electrons. The minimum atomic E-state index is -0.698. The molecule has 0 saturated heterocycles. The van der Waals surface area contributed by atoms with Crippen molar-refractivity contribution < 1.29 is 28.8 Å². The number of hydrogen-bond donors (Lipinski definition) is 0. The first kappa shape index (κ1) is 14.8. The van der Waals surface area contributed by atoms with Crippen LogP contribution in [0.2, 0.25) is 0 Å². The van der Waals surface area contributed by atoms with Gasteiger partial charge in [-0.15, -0.1) is 11.3 Å². The van der Waals surface area contributed by atoms with E-state index in [-0.39, 0.29) is 97.8 Å². The summed E-state index contributed by atoms with van der Waals surface area (Å²) < 4.78 is 192. The van der Waals surface area contributed by atoms with Crippen LogP contribution in [0, 0.1) is 0 Å². The minimum Gasteiger partial charge on any atom is -0.309 e. The maximum Gasteiger partial charge on any atom is 0.0645 e. The Balaban J connectivity index is 1.34. The highest BCUT2D eigenvalue weighted by molar-refractivity contribution is 7.26. The van der Waals surface area contributed by atoms with Gasteiger partial charge in [-0.1, -0.05) is 133 Å². The first-order valence-electron chi connectivity index (χ1n) is 26.2. The number of para-hydroxylation sites is 4. The van der Waals surface area contributed by atoms with E-state index in [4.69, 9.17) is 17.8 Å². The van der Waals surface area contributed by atoms with E-state index < -0.39 is 121 Å². The van der Waals surface area contributed by atoms with Gasteiger partial charge in [-0.05, 0) is 65.1 Å². The van der Waals surface area contributed by atoms with Gasteiger partial charge in [0.2, 0.25) is 0 Å². The summed E-state index contributed by atoms with van der Waals surface area (Å²) >= 11 is 0.921. The highest BCUT2D eigenvalue weighted by atomic mass is 32.1. The Bertz CT molecular complexity index is 4350. The minimum absolute atomic E-state index is 0.0101. The van der Waals surface area contributed by atoms with Crippen molar-refractivity contribution in [1.82, 2.24) is 9.13 Å². The number of aromatic nitrogens is 2. The molecule has 0 radical (unpaired) electrons. The normalized spacial score (nSPS) is 17.7. The Hall–Kier alpha value is -6.42. The van der Waals surface area contributed by atoms with Crippen LogP contribution in [0.3, 0.4) is 0 Å². The maximum absolute atomic E-state index is 10.1. The average molecular weight is 688 g/mol. The summed E-state index contributed by atoms with van der Waals surface area (Å²) in [4.78, 5) is 0. The molecule has 11 rings (SSSR count). The molecule has 0 bridgehead atoms. The molecule has 11 aromatic rings. The summed E-state index contributed by atoms with van der Waals surface area (Å²) in [5, 5.41) is -0.574. The number of thiophene rings is 1. The van der Waals surface area contributed by atoms with Gasteiger partial charge in [-0.2, -0.15) is 0 Å². The molecule has 0 unspecified atom stereocenters. The second-order valence-electron chi connectivity index (χ2n) is 11.7. The van der Waals surface area contributed by atoms with E-state index in [2.05, 4.69) is 0 Å². The summed E-state index contributed by atoms with van der Waals surface area (Å²) in [5.74, 6) is 0. The predicted octanol–water partition coefficient (Wildman–Crippen LogP) is 13.6. The zero-order chi connectivity index (χ0) is 51.7. The van der Waals surface area contributed by atoms with E-state index in [0.717, 1.165) is 17.4 Å². The molecule has 0 atom stereocenters. The van der Waals surface area contributed by atoms with Crippen LogP contribution in [0.4, 0.5) is 0 Å². The Morgan fingerprint density at radius 3 is 2.06 bits per heavy atom. The Morgan fingerprint density at radius 2 is 1.18 bits per heavy atom. The van der Waals surface area contributed by atoms with E-state index in [1.165, 1.54) is 27.3 Å². The Kier molecular flexibility index (Phi) is 3.21. The van der Waals surface area contributed by atoms with Crippen LogP contribution < -0.4 is 0 Å². The van der Waals surface area contributed by atoms with Crippen LogP contribution in [-0.2, 0) is 0 Å². The zero-order valence-corrected chi connectivity index (χ0v) is 26.8. The SMILES string of the molecule is [2H]c1cc(-c2c([2H])c([2H])cc3sc4c(-n5c6ccc(-c7c([2H])c([2H])c([2H])c8c9c([2H])c([2H])c([2H])c([2H])c9n(-c9ccccc9)c78)c([2H])c6c6c([2H])c([2H])c([2H])c([2H])c65)c([2H])c([2H])c([2H])c4c23)c([2H])c([2H])c1[2H]. The van der Waals surface area contributed by atoms with Gasteiger partial charge in [-0.3, -0.25) is 0 Å². The third kappa shape index (κ3) is 4.16. The summed E-state index contributed by atoms with van der Waals surface area (Å²) in [6, 6.07) is 1.95. The molecule has 0 N–H and O–H groups in total. The Morgan fingerprint density at radius 1 is 0.451 bits per heavy atom. The van der Waals surface area contributed by atoms with E-state index in [1.54, 1.807) is 30.3 Å². The van der Waals surface area contributed by atoms with Gasteiger partial charge >= 0.3 is 0 Å². The lowest BCUT2D eigenvalue weighted by molar-refractivity contribution is 1.18. The van der Waals surface area contributed by atoms with Crippen molar-refractivity contribution in [3.8, 4) is 33.6 Å². The molecule has 0 aliphatic rings. The molecule has 0 fully saturated rings. The lowest BCUT2D eigenvalue weighted by atomic mass is 9.99. The van der Waals surface area contributed by atoms with Crippen LogP contribution in [0.15, 0.2) is 181 Å². The van der Waals surface area contributed by atoms with E-state index >= 15 is 0 Å². The van der Waals surface area contributed by atoms with Crippen LogP contribution in [-0.4, -0.2) is 9.13 Å². The fourth-order valence-corrected chi connectivity index (χ4v) is 8.06. The smallest absolute Gasteiger partial charge is 0.0645 e. The molecule has 8 aromatic carbocycles. The lowest BCUT2D eigenvalue weighted by Gasteiger charge is -2.12. The van der Waals surface area contributed by atoms with E-state index in [1.807, 2.05) is 0 Å². The zero-order valence-electron chi connectivity index (χ0n) is 47.0. The van der Waals surface area contributed by atoms with Crippen molar-refractivity contribution in [2.45, 2.75) is 0 Å². The maximum atomic E-state index is 10.1. The second-order valence-corrected chi connectivity index (χ2v) is 12.7. The molecule has 0 spiro atoms. The summed E-state index contributed by atoms with van der Waals surface area (Å²) in [6.07, 6.45) is 0. The van der Waals surface area contributed by atoms with Gasteiger partial charge in [0.15, 0.2) is 0 Å². The monoisotopic (exact) mass is 687 g/mol. The molecule has 0 aliphatic carbocycles. The second kappa shape index (κ2) is 11.0. The van der Waals surface area contributed by atoms with Crippen molar-refractivity contribution in [2.75, 3.05) is 0 Å². The fraction of sp³-hybridized carbons (Fsp3) is 0. The number of nitrogens with zero attached hydrogens (tertiary/aromatic N) is 2.